The van der Waals surface area contributed by atoms with Gasteiger partial charge in [-0.1, -0.05) is 42.5 Å². The lowest BCUT2D eigenvalue weighted by Gasteiger charge is -2.27. The van der Waals surface area contributed by atoms with Gasteiger partial charge < -0.3 is 20.1 Å². The summed E-state index contributed by atoms with van der Waals surface area (Å²) in [6.45, 7) is 2.46. The Morgan fingerprint density at radius 2 is 1.78 bits per heavy atom. The Morgan fingerprint density at radius 1 is 1.04 bits per heavy atom. The second-order valence-electron chi connectivity index (χ2n) is 6.16. The van der Waals surface area contributed by atoms with Gasteiger partial charge in [0.1, 0.15) is 11.5 Å². The van der Waals surface area contributed by atoms with E-state index >= 15 is 0 Å². The van der Waals surface area contributed by atoms with Crippen molar-refractivity contribution in [2.24, 2.45) is 0 Å². The van der Waals surface area contributed by atoms with Gasteiger partial charge in [-0.05, 0) is 49.0 Å². The Hall–Kier alpha value is -3.05. The summed E-state index contributed by atoms with van der Waals surface area (Å²) >= 11 is 5.71. The molecule has 0 aliphatic rings. The largest absolute Gasteiger partial charge is 0.508 e. The Morgan fingerprint density at radius 3 is 2.52 bits per heavy atom. The molecular formula is C22H22N2O2S. The van der Waals surface area contributed by atoms with Crippen LogP contribution in [-0.4, -0.2) is 17.3 Å². The monoisotopic (exact) mass is 378 g/mol. The number of aryl methyl sites for hydroxylation is 1. The summed E-state index contributed by atoms with van der Waals surface area (Å²) in [5, 5.41) is 14.1. The summed E-state index contributed by atoms with van der Waals surface area (Å²) in [5.74, 6) is 0.984. The minimum absolute atomic E-state index is 0.240. The molecule has 0 radical (unpaired) electrons. The van der Waals surface area contributed by atoms with Gasteiger partial charge in [-0.15, -0.1) is 0 Å². The lowest BCUT2D eigenvalue weighted by molar-refractivity contribution is 0.415. The second-order valence-corrected chi connectivity index (χ2v) is 6.55. The Kier molecular flexibility index (Phi) is 5.94. The van der Waals surface area contributed by atoms with Crippen LogP contribution in [0.1, 0.15) is 11.1 Å². The third-order valence-corrected chi connectivity index (χ3v) is 4.64. The molecule has 3 aromatic carbocycles. The number of hydrogen-bond donors (Lipinski definition) is 2. The summed E-state index contributed by atoms with van der Waals surface area (Å²) < 4.78 is 5.36. The second kappa shape index (κ2) is 8.56. The van der Waals surface area contributed by atoms with E-state index in [1.165, 1.54) is 0 Å². The minimum Gasteiger partial charge on any atom is -0.508 e. The van der Waals surface area contributed by atoms with Crippen LogP contribution in [0.5, 0.6) is 11.5 Å². The number of nitrogens with one attached hydrogen (secondary N) is 1. The van der Waals surface area contributed by atoms with Crippen LogP contribution < -0.4 is 15.0 Å². The zero-order valence-corrected chi connectivity index (χ0v) is 16.2. The molecular weight excluding hydrogens is 356 g/mol. The predicted molar refractivity (Wildman–Crippen MR) is 115 cm³/mol. The van der Waals surface area contributed by atoms with E-state index in [1.807, 2.05) is 72.5 Å². The van der Waals surface area contributed by atoms with E-state index in [1.54, 1.807) is 19.2 Å². The maximum Gasteiger partial charge on any atom is 0.178 e. The van der Waals surface area contributed by atoms with Crippen molar-refractivity contribution in [3.05, 3.63) is 83.9 Å². The van der Waals surface area contributed by atoms with Crippen LogP contribution in [0.3, 0.4) is 0 Å². The van der Waals surface area contributed by atoms with Crippen molar-refractivity contribution >= 4 is 28.7 Å². The maximum absolute atomic E-state index is 10.2. The highest BCUT2D eigenvalue weighted by Crippen LogP contribution is 2.27. The number of hydrogen-bond acceptors (Lipinski definition) is 3. The van der Waals surface area contributed by atoms with Crippen molar-refractivity contribution in [3.63, 3.8) is 0 Å². The molecule has 0 aromatic heterocycles. The first-order valence-corrected chi connectivity index (χ1v) is 9.04. The average molecular weight is 378 g/mol. The number of phenols is 1. The lowest BCUT2D eigenvalue weighted by atomic mass is 10.1. The van der Waals surface area contributed by atoms with E-state index in [9.17, 15) is 5.11 Å². The predicted octanol–water partition coefficient (Wildman–Crippen LogP) is 5.11. The number of benzene rings is 3. The molecule has 0 spiro atoms. The van der Waals surface area contributed by atoms with Crippen molar-refractivity contribution in [2.45, 2.75) is 13.5 Å². The van der Waals surface area contributed by atoms with Crippen LogP contribution in [0, 0.1) is 6.92 Å². The third-order valence-electron chi connectivity index (χ3n) is 4.32. The number of aromatic hydroxyl groups is 1. The van der Waals surface area contributed by atoms with Gasteiger partial charge in [0.25, 0.3) is 0 Å². The van der Waals surface area contributed by atoms with E-state index in [-0.39, 0.29) is 5.75 Å². The smallest absolute Gasteiger partial charge is 0.178 e. The Balaban J connectivity index is 1.94. The number of rotatable bonds is 5. The van der Waals surface area contributed by atoms with Gasteiger partial charge in [0, 0.05) is 23.0 Å². The first-order valence-electron chi connectivity index (χ1n) is 8.63. The molecule has 0 unspecified atom stereocenters. The number of anilines is 2. The molecule has 0 heterocycles. The van der Waals surface area contributed by atoms with Crippen LogP contribution >= 0.6 is 12.2 Å². The van der Waals surface area contributed by atoms with E-state index in [4.69, 9.17) is 17.0 Å². The molecule has 0 fully saturated rings. The molecule has 0 saturated heterocycles. The first kappa shape index (κ1) is 18.7. The minimum atomic E-state index is 0.240. The molecule has 0 amide bonds. The summed E-state index contributed by atoms with van der Waals surface area (Å²) in [6.07, 6.45) is 0. The normalized spacial score (nSPS) is 10.3. The fourth-order valence-corrected chi connectivity index (χ4v) is 3.05. The zero-order valence-electron chi connectivity index (χ0n) is 15.3. The Bertz CT molecular complexity index is 943. The van der Waals surface area contributed by atoms with E-state index in [0.29, 0.717) is 11.7 Å². The molecule has 3 rings (SSSR count). The van der Waals surface area contributed by atoms with Crippen molar-refractivity contribution in [2.75, 3.05) is 17.3 Å². The van der Waals surface area contributed by atoms with Crippen LogP contribution in [-0.2, 0) is 6.54 Å². The van der Waals surface area contributed by atoms with Crippen LogP contribution in [0.25, 0.3) is 0 Å². The molecule has 5 heteroatoms. The molecule has 3 aromatic rings. The van der Waals surface area contributed by atoms with Gasteiger partial charge >= 0.3 is 0 Å². The van der Waals surface area contributed by atoms with Crippen molar-refractivity contribution in [1.29, 1.82) is 0 Å². The lowest BCUT2D eigenvalue weighted by Crippen LogP contribution is -2.34. The average Bonchev–Trinajstić information content (AvgIpc) is 2.69. The van der Waals surface area contributed by atoms with E-state index in [0.717, 1.165) is 28.3 Å². The maximum atomic E-state index is 10.2. The molecule has 2 N–H and O–H groups in total. The summed E-state index contributed by atoms with van der Waals surface area (Å²) in [4.78, 5) is 1.94. The highest BCUT2D eigenvalue weighted by atomic mass is 32.1. The van der Waals surface area contributed by atoms with Gasteiger partial charge in [0.05, 0.1) is 13.7 Å². The van der Waals surface area contributed by atoms with Gasteiger partial charge in [-0.25, -0.2) is 0 Å². The fraction of sp³-hybridized carbons (Fsp3) is 0.136. The van der Waals surface area contributed by atoms with Crippen molar-refractivity contribution in [1.82, 2.24) is 0 Å². The Labute approximate surface area is 165 Å². The molecule has 138 valence electrons. The topological polar surface area (TPSA) is 44.7 Å². The zero-order chi connectivity index (χ0) is 19.2. The van der Waals surface area contributed by atoms with E-state index in [2.05, 4.69) is 5.32 Å². The number of para-hydroxylation sites is 2. The molecule has 0 saturated carbocycles. The van der Waals surface area contributed by atoms with Crippen LogP contribution in [0.4, 0.5) is 11.4 Å². The van der Waals surface area contributed by atoms with E-state index < -0.39 is 0 Å². The van der Waals surface area contributed by atoms with Gasteiger partial charge in [0.2, 0.25) is 0 Å². The molecule has 0 aliphatic heterocycles. The quantitative estimate of drug-likeness (QED) is 0.604. The number of methoxy groups -OCH3 is 1. The summed E-state index contributed by atoms with van der Waals surface area (Å²) in [7, 11) is 1.64. The van der Waals surface area contributed by atoms with Gasteiger partial charge in [-0.2, -0.15) is 0 Å². The summed E-state index contributed by atoms with van der Waals surface area (Å²) in [5.41, 5.74) is 3.72. The number of phenolic OH excluding ortho intramolecular Hbond substituents is 1. The van der Waals surface area contributed by atoms with Crippen molar-refractivity contribution in [3.8, 4) is 11.5 Å². The number of ether oxygens (including phenoxy) is 1. The third kappa shape index (κ3) is 4.57. The number of thiocarbonyl (C=S) groups is 1. The van der Waals surface area contributed by atoms with Crippen LogP contribution in [0.2, 0.25) is 0 Å². The molecule has 27 heavy (non-hydrogen) atoms. The van der Waals surface area contributed by atoms with Crippen molar-refractivity contribution < 1.29 is 9.84 Å². The van der Waals surface area contributed by atoms with Gasteiger partial charge in [0.15, 0.2) is 5.11 Å². The highest BCUT2D eigenvalue weighted by Gasteiger charge is 2.16. The summed E-state index contributed by atoms with van der Waals surface area (Å²) in [6, 6.07) is 22.9. The van der Waals surface area contributed by atoms with Gasteiger partial charge in [-0.3, -0.25) is 0 Å². The molecule has 0 bridgehead atoms. The highest BCUT2D eigenvalue weighted by molar-refractivity contribution is 7.80. The van der Waals surface area contributed by atoms with Crippen LogP contribution in [0.15, 0.2) is 72.8 Å². The number of nitrogens with zero attached hydrogens (tertiary/aromatic N) is 1. The fourth-order valence-electron chi connectivity index (χ4n) is 2.77. The first-order chi connectivity index (χ1) is 13.1. The SMILES string of the molecule is COc1cccc(N(Cc2ccccc2O)C(=S)Nc2ccccc2C)c1. The molecule has 4 nitrogen and oxygen atoms in total. The molecule has 0 atom stereocenters. The standard InChI is InChI=1S/C22H22N2O2S/c1-16-8-3-5-12-20(16)23-22(27)24(15-17-9-4-6-13-21(17)25)18-10-7-11-19(14-18)26-2/h3-14,25H,15H2,1-2H3,(H,23,27). The molecule has 0 aliphatic carbocycles.